The molecule has 0 aliphatic heterocycles. The molecule has 0 unspecified atom stereocenters. The maximum Gasteiger partial charge on any atom is 0.328 e. The number of hydrogen-bond acceptors (Lipinski definition) is 4. The summed E-state index contributed by atoms with van der Waals surface area (Å²) in [5.41, 5.74) is 2.02. The van der Waals surface area contributed by atoms with Crippen LogP contribution in [0.1, 0.15) is 30.6 Å². The molecule has 0 aliphatic carbocycles. The lowest BCUT2D eigenvalue weighted by Crippen LogP contribution is -2.45. The highest BCUT2D eigenvalue weighted by molar-refractivity contribution is 6.16. The minimum atomic E-state index is -0.691. The predicted octanol–water partition coefficient (Wildman–Crippen LogP) is 3.71. The number of amides is 1. The van der Waals surface area contributed by atoms with Gasteiger partial charge in [0.1, 0.15) is 6.04 Å². The molecule has 1 N–H and O–H groups in total. The van der Waals surface area contributed by atoms with Crippen LogP contribution in [0.15, 0.2) is 48.5 Å². The van der Waals surface area contributed by atoms with Crippen molar-refractivity contribution in [3.8, 4) is 0 Å². The second-order valence-electron chi connectivity index (χ2n) is 6.38. The molecule has 0 aliphatic rings. The van der Waals surface area contributed by atoms with Crippen LogP contribution in [0, 0.1) is 5.92 Å². The van der Waals surface area contributed by atoms with Crippen molar-refractivity contribution in [2.24, 2.45) is 5.92 Å². The quantitative estimate of drug-likeness (QED) is 0.563. The molecule has 134 valence electrons. The minimum Gasteiger partial charge on any atom is -0.467 e. The summed E-state index contributed by atoms with van der Waals surface area (Å²) in [4.78, 5) is 30.0. The van der Waals surface area contributed by atoms with Crippen LogP contribution in [0.25, 0.3) is 21.8 Å². The van der Waals surface area contributed by atoms with Crippen molar-refractivity contribution in [2.45, 2.75) is 26.3 Å². The smallest absolute Gasteiger partial charge is 0.328 e. The zero-order valence-electron chi connectivity index (χ0n) is 15.2. The van der Waals surface area contributed by atoms with Crippen molar-refractivity contribution in [3.63, 3.8) is 0 Å². The van der Waals surface area contributed by atoms with Gasteiger partial charge >= 0.3 is 5.97 Å². The van der Waals surface area contributed by atoms with Gasteiger partial charge in [-0.3, -0.25) is 4.79 Å². The van der Waals surface area contributed by atoms with Gasteiger partial charge in [0.15, 0.2) is 0 Å². The lowest BCUT2D eigenvalue weighted by Gasteiger charge is -2.22. The third-order valence-electron chi connectivity index (χ3n) is 4.77. The number of hydrogen-bond donors (Lipinski definition) is 1. The van der Waals surface area contributed by atoms with Crippen molar-refractivity contribution in [1.82, 2.24) is 10.3 Å². The van der Waals surface area contributed by atoms with Gasteiger partial charge in [-0.15, -0.1) is 0 Å². The van der Waals surface area contributed by atoms with Crippen molar-refractivity contribution in [1.29, 1.82) is 0 Å². The average Bonchev–Trinajstić information content (AvgIpc) is 2.68. The van der Waals surface area contributed by atoms with Crippen LogP contribution < -0.4 is 5.32 Å². The first kappa shape index (κ1) is 17.9. The third-order valence-corrected chi connectivity index (χ3v) is 4.77. The van der Waals surface area contributed by atoms with E-state index in [1.165, 1.54) is 7.11 Å². The Morgan fingerprint density at radius 2 is 1.58 bits per heavy atom. The van der Waals surface area contributed by atoms with Crippen molar-refractivity contribution in [3.05, 3.63) is 54.1 Å². The number of benzene rings is 2. The number of carbonyl (C=O) groups excluding carboxylic acids is 2. The molecule has 0 radical (unpaired) electrons. The number of nitrogens with one attached hydrogen (secondary N) is 1. The number of carbonyl (C=O) groups is 2. The molecule has 1 aromatic heterocycles. The molecule has 2 atom stereocenters. The van der Waals surface area contributed by atoms with E-state index in [1.807, 2.05) is 62.4 Å². The normalized spacial score (nSPS) is 13.3. The van der Waals surface area contributed by atoms with Crippen LogP contribution in [0.2, 0.25) is 0 Å². The standard InChI is InChI=1S/C21H22N2O3/c1-4-13(2)19(21(25)26-3)23-20(24)18-14-9-5-7-11-16(14)22-17-12-8-6-10-15(17)18/h5-13,19H,4H2,1-3H3,(H,23,24)/t13-,19+/m0/s1. The Labute approximate surface area is 152 Å². The van der Waals surface area contributed by atoms with Crippen LogP contribution in [0.3, 0.4) is 0 Å². The summed E-state index contributed by atoms with van der Waals surface area (Å²) in [5, 5.41) is 4.40. The Bertz CT molecular complexity index is 914. The van der Waals surface area contributed by atoms with E-state index in [0.29, 0.717) is 5.56 Å². The number of ether oxygens (including phenoxy) is 1. The number of fused-ring (bicyclic) bond motifs is 2. The summed E-state index contributed by atoms with van der Waals surface area (Å²) in [6, 6.07) is 14.4. The average molecular weight is 350 g/mol. The summed E-state index contributed by atoms with van der Waals surface area (Å²) < 4.78 is 4.88. The van der Waals surface area contributed by atoms with Crippen LogP contribution in [0.5, 0.6) is 0 Å². The van der Waals surface area contributed by atoms with E-state index in [4.69, 9.17) is 4.74 Å². The molecule has 5 nitrogen and oxygen atoms in total. The maximum absolute atomic E-state index is 13.2. The van der Waals surface area contributed by atoms with Crippen molar-refractivity contribution in [2.75, 3.05) is 7.11 Å². The molecule has 3 aromatic rings. The molecule has 0 spiro atoms. The molecule has 0 saturated carbocycles. The van der Waals surface area contributed by atoms with Crippen LogP contribution >= 0.6 is 0 Å². The van der Waals surface area contributed by atoms with Gasteiger partial charge < -0.3 is 10.1 Å². The Morgan fingerprint density at radius 1 is 1.04 bits per heavy atom. The second-order valence-corrected chi connectivity index (χ2v) is 6.38. The highest BCUT2D eigenvalue weighted by atomic mass is 16.5. The summed E-state index contributed by atoms with van der Waals surface area (Å²) >= 11 is 0. The first-order valence-electron chi connectivity index (χ1n) is 8.73. The minimum absolute atomic E-state index is 0.0363. The summed E-state index contributed by atoms with van der Waals surface area (Å²) in [6.07, 6.45) is 0.748. The first-order chi connectivity index (χ1) is 12.6. The van der Waals surface area contributed by atoms with E-state index in [9.17, 15) is 9.59 Å². The lowest BCUT2D eigenvalue weighted by molar-refractivity contribution is -0.144. The third kappa shape index (κ3) is 3.25. The largest absolute Gasteiger partial charge is 0.467 e. The zero-order valence-corrected chi connectivity index (χ0v) is 15.2. The van der Waals surface area contributed by atoms with Gasteiger partial charge in [-0.25, -0.2) is 9.78 Å². The van der Waals surface area contributed by atoms with Gasteiger partial charge in [-0.05, 0) is 18.1 Å². The summed E-state index contributed by atoms with van der Waals surface area (Å²) in [5.74, 6) is -0.767. The molecule has 3 rings (SSSR count). The van der Waals surface area contributed by atoms with Crippen LogP contribution in [-0.2, 0) is 9.53 Å². The molecular formula is C21H22N2O3. The molecule has 1 heterocycles. The van der Waals surface area contributed by atoms with E-state index in [0.717, 1.165) is 28.2 Å². The number of pyridine rings is 1. The highest BCUT2D eigenvalue weighted by Gasteiger charge is 2.28. The Hall–Kier alpha value is -2.95. The molecule has 1 amide bonds. The SMILES string of the molecule is CC[C@H](C)[C@@H](NC(=O)c1c2ccccc2nc2ccccc12)C(=O)OC. The number of aromatic nitrogens is 1. The van der Waals surface area contributed by atoms with E-state index >= 15 is 0 Å². The monoisotopic (exact) mass is 350 g/mol. The van der Waals surface area contributed by atoms with Crippen molar-refractivity contribution < 1.29 is 14.3 Å². The van der Waals surface area contributed by atoms with Crippen LogP contribution in [-0.4, -0.2) is 30.0 Å². The Kier molecular flexibility index (Phi) is 5.16. The van der Waals surface area contributed by atoms with Gasteiger partial charge in [0.25, 0.3) is 5.91 Å². The van der Waals surface area contributed by atoms with Crippen LogP contribution in [0.4, 0.5) is 0 Å². The summed E-state index contributed by atoms with van der Waals surface area (Å²) in [6.45, 7) is 3.90. The number of esters is 1. The molecule has 0 saturated heterocycles. The lowest BCUT2D eigenvalue weighted by atomic mass is 9.97. The number of para-hydroxylation sites is 2. The Morgan fingerprint density at radius 3 is 2.08 bits per heavy atom. The van der Waals surface area contributed by atoms with Gasteiger partial charge in [-0.2, -0.15) is 0 Å². The molecule has 0 fully saturated rings. The second kappa shape index (κ2) is 7.52. The topological polar surface area (TPSA) is 68.3 Å². The highest BCUT2D eigenvalue weighted by Crippen LogP contribution is 2.26. The fourth-order valence-electron chi connectivity index (χ4n) is 3.09. The maximum atomic E-state index is 13.2. The molecular weight excluding hydrogens is 328 g/mol. The molecule has 5 heteroatoms. The fourth-order valence-corrected chi connectivity index (χ4v) is 3.09. The summed E-state index contributed by atoms with van der Waals surface area (Å²) in [7, 11) is 1.33. The molecule has 0 bridgehead atoms. The number of methoxy groups -OCH3 is 1. The van der Waals surface area contributed by atoms with Gasteiger partial charge in [0.2, 0.25) is 0 Å². The Balaban J connectivity index is 2.13. The predicted molar refractivity (Wildman–Crippen MR) is 102 cm³/mol. The van der Waals surface area contributed by atoms with E-state index in [2.05, 4.69) is 10.3 Å². The number of rotatable bonds is 5. The van der Waals surface area contributed by atoms with Crippen molar-refractivity contribution >= 4 is 33.7 Å². The first-order valence-corrected chi connectivity index (χ1v) is 8.73. The van der Waals surface area contributed by atoms with Gasteiger partial charge in [0, 0.05) is 10.8 Å². The zero-order chi connectivity index (χ0) is 18.7. The van der Waals surface area contributed by atoms with E-state index in [-0.39, 0.29) is 11.8 Å². The molecule has 2 aromatic carbocycles. The number of nitrogens with zero attached hydrogens (tertiary/aromatic N) is 1. The fraction of sp³-hybridized carbons (Fsp3) is 0.286. The van der Waals surface area contributed by atoms with E-state index in [1.54, 1.807) is 0 Å². The van der Waals surface area contributed by atoms with Gasteiger partial charge in [-0.1, -0.05) is 56.7 Å². The van der Waals surface area contributed by atoms with Gasteiger partial charge in [0.05, 0.1) is 23.7 Å². The van der Waals surface area contributed by atoms with E-state index < -0.39 is 12.0 Å². The molecule has 26 heavy (non-hydrogen) atoms.